The van der Waals surface area contributed by atoms with E-state index < -0.39 is 0 Å². The van der Waals surface area contributed by atoms with Crippen molar-refractivity contribution in [2.45, 2.75) is 42.8 Å². The molecule has 0 saturated carbocycles. The number of nitrogens with zero attached hydrogens (tertiary/aromatic N) is 1. The van der Waals surface area contributed by atoms with Crippen LogP contribution in [0.5, 0.6) is 0 Å². The summed E-state index contributed by atoms with van der Waals surface area (Å²) in [4.78, 5) is 15.7. The van der Waals surface area contributed by atoms with Crippen LogP contribution >= 0.6 is 23.1 Å². The standard InChI is InChI=1S/C25H24N2OS2/c1-2-17-13-14-20-21(16-26)25(30-22(20)15-17)27-24(28)23(18-9-5-3-6-10-18)29-19-11-7-4-8-12-19/h3-12,17,23H,2,13-15H2,1H3,(H,27,28)/t17-,23+/m1/s1. The minimum absolute atomic E-state index is 0.0859. The molecule has 2 atom stereocenters. The molecule has 0 bridgehead atoms. The van der Waals surface area contributed by atoms with Crippen LogP contribution in [0.3, 0.4) is 0 Å². The molecule has 1 aliphatic rings. The summed E-state index contributed by atoms with van der Waals surface area (Å²) in [6, 6.07) is 22.2. The first-order chi connectivity index (χ1) is 14.7. The molecule has 30 heavy (non-hydrogen) atoms. The summed E-state index contributed by atoms with van der Waals surface area (Å²) in [5.41, 5.74) is 2.76. The molecular formula is C25H24N2OS2. The van der Waals surface area contributed by atoms with Crippen LogP contribution in [0.15, 0.2) is 65.6 Å². The van der Waals surface area contributed by atoms with Crippen LogP contribution in [-0.2, 0) is 17.6 Å². The molecular weight excluding hydrogens is 408 g/mol. The van der Waals surface area contributed by atoms with Gasteiger partial charge in [0.15, 0.2) is 0 Å². The zero-order valence-corrected chi connectivity index (χ0v) is 18.6. The minimum Gasteiger partial charge on any atom is -0.315 e. The number of nitrogens with one attached hydrogen (secondary N) is 1. The lowest BCUT2D eigenvalue weighted by atomic mass is 9.86. The number of thiophene rings is 1. The molecule has 5 heteroatoms. The Labute approximate surface area is 186 Å². The first kappa shape index (κ1) is 20.7. The quantitative estimate of drug-likeness (QED) is 0.446. The highest BCUT2D eigenvalue weighted by atomic mass is 32.2. The van der Waals surface area contributed by atoms with Crippen molar-refractivity contribution in [2.24, 2.45) is 5.92 Å². The molecule has 0 saturated heterocycles. The lowest BCUT2D eigenvalue weighted by molar-refractivity contribution is -0.115. The van der Waals surface area contributed by atoms with Gasteiger partial charge in [0, 0.05) is 9.77 Å². The Bertz CT molecular complexity index is 1050. The number of fused-ring (bicyclic) bond motifs is 1. The van der Waals surface area contributed by atoms with Crippen LogP contribution in [0.25, 0.3) is 0 Å². The second-order valence-corrected chi connectivity index (χ2v) is 9.83. The number of anilines is 1. The topological polar surface area (TPSA) is 52.9 Å². The second-order valence-electron chi connectivity index (χ2n) is 7.55. The fraction of sp³-hybridized carbons (Fsp3) is 0.280. The van der Waals surface area contributed by atoms with Gasteiger partial charge >= 0.3 is 0 Å². The van der Waals surface area contributed by atoms with Gasteiger partial charge in [0.2, 0.25) is 5.91 Å². The summed E-state index contributed by atoms with van der Waals surface area (Å²) >= 11 is 3.12. The number of hydrogen-bond donors (Lipinski definition) is 1. The number of benzene rings is 2. The van der Waals surface area contributed by atoms with Crippen molar-refractivity contribution in [3.05, 3.63) is 82.2 Å². The first-order valence-electron chi connectivity index (χ1n) is 10.3. The number of hydrogen-bond acceptors (Lipinski definition) is 4. The molecule has 152 valence electrons. The molecule has 1 amide bonds. The van der Waals surface area contributed by atoms with Crippen molar-refractivity contribution >= 4 is 34.0 Å². The molecule has 1 N–H and O–H groups in total. The van der Waals surface area contributed by atoms with Crippen molar-refractivity contribution in [3.63, 3.8) is 0 Å². The van der Waals surface area contributed by atoms with Crippen LogP contribution in [0.2, 0.25) is 0 Å². The first-order valence-corrected chi connectivity index (χ1v) is 12.0. The van der Waals surface area contributed by atoms with Crippen LogP contribution in [0.1, 0.15) is 46.6 Å². The Morgan fingerprint density at radius 1 is 1.20 bits per heavy atom. The Morgan fingerprint density at radius 2 is 1.90 bits per heavy atom. The number of carbonyl (C=O) groups is 1. The van der Waals surface area contributed by atoms with Gasteiger partial charge < -0.3 is 5.32 Å². The fourth-order valence-electron chi connectivity index (χ4n) is 3.92. The van der Waals surface area contributed by atoms with Gasteiger partial charge in [-0.2, -0.15) is 5.26 Å². The maximum Gasteiger partial charge on any atom is 0.243 e. The van der Waals surface area contributed by atoms with Gasteiger partial charge in [0.05, 0.1) is 5.56 Å². The molecule has 4 rings (SSSR count). The maximum absolute atomic E-state index is 13.4. The van der Waals surface area contributed by atoms with Crippen LogP contribution in [0, 0.1) is 17.2 Å². The van der Waals surface area contributed by atoms with Gasteiger partial charge in [-0.05, 0) is 48.4 Å². The zero-order valence-electron chi connectivity index (χ0n) is 16.9. The highest BCUT2D eigenvalue weighted by Gasteiger charge is 2.28. The van der Waals surface area contributed by atoms with E-state index in [4.69, 9.17) is 0 Å². The van der Waals surface area contributed by atoms with E-state index in [-0.39, 0.29) is 11.2 Å². The minimum atomic E-state index is -0.386. The Kier molecular flexibility index (Phi) is 6.56. The molecule has 3 aromatic rings. The van der Waals surface area contributed by atoms with Crippen molar-refractivity contribution < 1.29 is 4.79 Å². The van der Waals surface area contributed by atoms with Gasteiger partial charge in [-0.15, -0.1) is 23.1 Å². The molecule has 3 nitrogen and oxygen atoms in total. The molecule has 2 aromatic carbocycles. The molecule has 0 unspecified atom stereocenters. The summed E-state index contributed by atoms with van der Waals surface area (Å²) in [6.07, 6.45) is 4.23. The average Bonchev–Trinajstić information content (AvgIpc) is 3.14. The summed E-state index contributed by atoms with van der Waals surface area (Å²) in [5, 5.41) is 13.2. The fourth-order valence-corrected chi connectivity index (χ4v) is 6.28. The van der Waals surface area contributed by atoms with Crippen molar-refractivity contribution in [1.82, 2.24) is 0 Å². The van der Waals surface area contributed by atoms with Gasteiger partial charge in [0.25, 0.3) is 0 Å². The summed E-state index contributed by atoms with van der Waals surface area (Å²) in [5.74, 6) is 0.592. The van der Waals surface area contributed by atoms with Crippen molar-refractivity contribution in [3.8, 4) is 6.07 Å². The van der Waals surface area contributed by atoms with Gasteiger partial charge in [0.1, 0.15) is 16.3 Å². The number of nitriles is 1. The third-order valence-electron chi connectivity index (χ3n) is 5.63. The molecule has 1 aliphatic carbocycles. The van der Waals surface area contributed by atoms with Crippen LogP contribution < -0.4 is 5.32 Å². The number of thioether (sulfide) groups is 1. The van der Waals surface area contributed by atoms with E-state index in [1.165, 1.54) is 16.6 Å². The maximum atomic E-state index is 13.4. The number of amides is 1. The smallest absolute Gasteiger partial charge is 0.243 e. The van der Waals surface area contributed by atoms with Gasteiger partial charge in [-0.25, -0.2) is 0 Å². The lowest BCUT2D eigenvalue weighted by Crippen LogP contribution is -2.19. The van der Waals surface area contributed by atoms with E-state index in [1.54, 1.807) is 11.3 Å². The molecule has 1 aromatic heterocycles. The lowest BCUT2D eigenvalue weighted by Gasteiger charge is -2.20. The Morgan fingerprint density at radius 3 is 2.57 bits per heavy atom. The molecule has 0 spiro atoms. The molecule has 0 aliphatic heterocycles. The predicted octanol–water partition coefficient (Wildman–Crippen LogP) is 6.61. The van der Waals surface area contributed by atoms with E-state index in [0.29, 0.717) is 16.5 Å². The summed E-state index contributed by atoms with van der Waals surface area (Å²) in [6.45, 7) is 2.22. The second kappa shape index (κ2) is 9.51. The highest BCUT2D eigenvalue weighted by molar-refractivity contribution is 8.00. The van der Waals surface area contributed by atoms with E-state index in [9.17, 15) is 10.1 Å². The van der Waals surface area contributed by atoms with Crippen molar-refractivity contribution in [2.75, 3.05) is 5.32 Å². The average molecular weight is 433 g/mol. The van der Waals surface area contributed by atoms with Crippen LogP contribution in [-0.4, -0.2) is 5.91 Å². The highest BCUT2D eigenvalue weighted by Crippen LogP contribution is 2.42. The molecule has 0 radical (unpaired) electrons. The van der Waals surface area contributed by atoms with Crippen molar-refractivity contribution in [1.29, 1.82) is 5.26 Å². The summed E-state index contributed by atoms with van der Waals surface area (Å²) < 4.78 is 0. The number of carbonyl (C=O) groups excluding carboxylic acids is 1. The third-order valence-corrected chi connectivity index (χ3v) is 8.07. The molecule has 0 fully saturated rings. The van der Waals surface area contributed by atoms with E-state index in [1.807, 2.05) is 60.7 Å². The molecule has 1 heterocycles. The van der Waals surface area contributed by atoms with Gasteiger partial charge in [-0.1, -0.05) is 61.9 Å². The largest absolute Gasteiger partial charge is 0.315 e. The Hall–Kier alpha value is -2.55. The van der Waals surface area contributed by atoms with E-state index in [0.717, 1.165) is 41.7 Å². The van der Waals surface area contributed by atoms with E-state index >= 15 is 0 Å². The predicted molar refractivity (Wildman–Crippen MR) is 125 cm³/mol. The normalized spacial score (nSPS) is 16.3. The van der Waals surface area contributed by atoms with Gasteiger partial charge in [-0.3, -0.25) is 4.79 Å². The SMILES string of the molecule is CC[C@@H]1CCc2c(sc(NC(=O)[C@@H](Sc3ccccc3)c3ccccc3)c2C#N)C1. The van der Waals surface area contributed by atoms with Crippen LogP contribution in [0.4, 0.5) is 5.00 Å². The summed E-state index contributed by atoms with van der Waals surface area (Å²) in [7, 11) is 0. The third kappa shape index (κ3) is 4.45. The van der Waals surface area contributed by atoms with E-state index in [2.05, 4.69) is 18.3 Å². The Balaban J connectivity index is 1.62. The zero-order chi connectivity index (χ0) is 20.9. The monoisotopic (exact) mass is 432 g/mol. The number of rotatable bonds is 6.